The fourth-order valence-electron chi connectivity index (χ4n) is 1.59. The third-order valence-corrected chi connectivity index (χ3v) is 2.79. The van der Waals surface area contributed by atoms with Gasteiger partial charge in [-0.2, -0.15) is 0 Å². The van der Waals surface area contributed by atoms with Gasteiger partial charge in [-0.1, -0.05) is 23.7 Å². The van der Waals surface area contributed by atoms with Gasteiger partial charge in [-0.15, -0.1) is 0 Å². The van der Waals surface area contributed by atoms with Crippen molar-refractivity contribution >= 4 is 23.2 Å². The maximum absolute atomic E-state index is 11.3. The van der Waals surface area contributed by atoms with E-state index in [0.29, 0.717) is 22.2 Å². The third kappa shape index (κ3) is 3.98. The number of benzene rings is 2. The lowest BCUT2D eigenvalue weighted by atomic mass is 10.3. The van der Waals surface area contributed by atoms with Gasteiger partial charge >= 0.3 is 0 Å². The maximum atomic E-state index is 11.3. The van der Waals surface area contributed by atoms with Gasteiger partial charge in [-0.05, 0) is 36.4 Å². The molecule has 0 aliphatic heterocycles. The SMILES string of the molecule is COCC(=O)Nc1ccc(Oc2ccccc2Cl)cc1. The Morgan fingerprint density at radius 1 is 1.15 bits per heavy atom. The summed E-state index contributed by atoms with van der Waals surface area (Å²) >= 11 is 6.01. The largest absolute Gasteiger partial charge is 0.456 e. The zero-order valence-electron chi connectivity index (χ0n) is 10.9. The number of anilines is 1. The molecule has 0 saturated heterocycles. The van der Waals surface area contributed by atoms with Crippen molar-refractivity contribution in [2.75, 3.05) is 19.0 Å². The van der Waals surface area contributed by atoms with Crippen molar-refractivity contribution in [3.63, 3.8) is 0 Å². The standard InChI is InChI=1S/C15H14ClNO3/c1-19-10-15(18)17-11-6-8-12(9-7-11)20-14-5-3-2-4-13(14)16/h2-9H,10H2,1H3,(H,17,18). The predicted octanol–water partition coefficient (Wildman–Crippen LogP) is 3.72. The first-order valence-electron chi connectivity index (χ1n) is 6.00. The second-order valence-corrected chi connectivity index (χ2v) is 4.45. The van der Waals surface area contributed by atoms with E-state index in [4.69, 9.17) is 21.1 Å². The van der Waals surface area contributed by atoms with Gasteiger partial charge in [0.2, 0.25) is 5.91 Å². The second-order valence-electron chi connectivity index (χ2n) is 4.04. The van der Waals surface area contributed by atoms with Crippen LogP contribution < -0.4 is 10.1 Å². The molecule has 0 unspecified atom stereocenters. The van der Waals surface area contributed by atoms with Crippen LogP contribution in [-0.4, -0.2) is 19.6 Å². The zero-order chi connectivity index (χ0) is 14.4. The summed E-state index contributed by atoms with van der Waals surface area (Å²) in [6, 6.07) is 14.2. The number of carbonyl (C=O) groups is 1. The van der Waals surface area contributed by atoms with Crippen molar-refractivity contribution in [1.82, 2.24) is 0 Å². The first kappa shape index (κ1) is 14.4. The monoisotopic (exact) mass is 291 g/mol. The van der Waals surface area contributed by atoms with Crippen LogP contribution in [0.15, 0.2) is 48.5 Å². The minimum Gasteiger partial charge on any atom is -0.456 e. The van der Waals surface area contributed by atoms with E-state index in [1.54, 1.807) is 36.4 Å². The van der Waals surface area contributed by atoms with Crippen LogP contribution in [0.5, 0.6) is 11.5 Å². The van der Waals surface area contributed by atoms with Crippen molar-refractivity contribution in [3.05, 3.63) is 53.6 Å². The van der Waals surface area contributed by atoms with Gasteiger partial charge in [0.05, 0.1) is 5.02 Å². The number of ether oxygens (including phenoxy) is 2. The Balaban J connectivity index is 2.02. The lowest BCUT2D eigenvalue weighted by molar-refractivity contribution is -0.119. The predicted molar refractivity (Wildman–Crippen MR) is 78.5 cm³/mol. The zero-order valence-corrected chi connectivity index (χ0v) is 11.7. The van der Waals surface area contributed by atoms with Crippen LogP contribution >= 0.6 is 11.6 Å². The molecule has 0 fully saturated rings. The fraction of sp³-hybridized carbons (Fsp3) is 0.133. The number of carbonyl (C=O) groups excluding carboxylic acids is 1. The Kier molecular flexibility index (Phi) is 4.98. The van der Waals surface area contributed by atoms with Crippen molar-refractivity contribution < 1.29 is 14.3 Å². The fourth-order valence-corrected chi connectivity index (χ4v) is 1.76. The number of hydrogen-bond donors (Lipinski definition) is 1. The van der Waals surface area contributed by atoms with Crippen molar-refractivity contribution in [2.24, 2.45) is 0 Å². The van der Waals surface area contributed by atoms with Crippen LogP contribution in [0, 0.1) is 0 Å². The molecular formula is C15H14ClNO3. The van der Waals surface area contributed by atoms with E-state index in [9.17, 15) is 4.79 Å². The first-order chi connectivity index (χ1) is 9.69. The highest BCUT2D eigenvalue weighted by molar-refractivity contribution is 6.32. The summed E-state index contributed by atoms with van der Waals surface area (Å²) in [6.07, 6.45) is 0. The Labute approximate surface area is 122 Å². The Morgan fingerprint density at radius 3 is 2.50 bits per heavy atom. The third-order valence-electron chi connectivity index (χ3n) is 2.48. The number of hydrogen-bond acceptors (Lipinski definition) is 3. The second kappa shape index (κ2) is 6.93. The van der Waals surface area contributed by atoms with E-state index < -0.39 is 0 Å². The van der Waals surface area contributed by atoms with E-state index in [0.717, 1.165) is 0 Å². The summed E-state index contributed by atoms with van der Waals surface area (Å²) in [6.45, 7) is 0.0257. The van der Waals surface area contributed by atoms with E-state index in [1.807, 2.05) is 12.1 Å². The van der Waals surface area contributed by atoms with Crippen molar-refractivity contribution in [3.8, 4) is 11.5 Å². The number of methoxy groups -OCH3 is 1. The number of rotatable bonds is 5. The Hall–Kier alpha value is -2.04. The van der Waals surface area contributed by atoms with Gasteiger partial charge in [0.15, 0.2) is 0 Å². The Morgan fingerprint density at radius 2 is 1.85 bits per heavy atom. The van der Waals surface area contributed by atoms with Gasteiger partial charge in [-0.3, -0.25) is 4.79 Å². The molecule has 1 amide bonds. The molecule has 0 aliphatic rings. The van der Waals surface area contributed by atoms with Crippen LogP contribution in [0.25, 0.3) is 0 Å². The molecule has 2 aromatic rings. The quantitative estimate of drug-likeness (QED) is 0.913. The number of halogens is 1. The molecule has 0 saturated carbocycles. The van der Waals surface area contributed by atoms with Gasteiger partial charge in [-0.25, -0.2) is 0 Å². The first-order valence-corrected chi connectivity index (χ1v) is 6.38. The molecule has 0 spiro atoms. The van der Waals surface area contributed by atoms with Gasteiger partial charge in [0, 0.05) is 12.8 Å². The summed E-state index contributed by atoms with van der Waals surface area (Å²) in [5.74, 6) is 1.03. The van der Waals surface area contributed by atoms with Crippen LogP contribution in [0.2, 0.25) is 5.02 Å². The highest BCUT2D eigenvalue weighted by Crippen LogP contribution is 2.29. The summed E-state index contributed by atoms with van der Waals surface area (Å²) in [7, 11) is 1.47. The normalized spacial score (nSPS) is 10.1. The molecule has 1 N–H and O–H groups in total. The smallest absolute Gasteiger partial charge is 0.250 e. The molecular weight excluding hydrogens is 278 g/mol. The molecule has 2 rings (SSSR count). The molecule has 0 radical (unpaired) electrons. The summed E-state index contributed by atoms with van der Waals surface area (Å²) in [4.78, 5) is 11.3. The van der Waals surface area contributed by atoms with Gasteiger partial charge in [0.1, 0.15) is 18.1 Å². The summed E-state index contributed by atoms with van der Waals surface area (Å²) < 4.78 is 10.4. The molecule has 104 valence electrons. The van der Waals surface area contributed by atoms with Gasteiger partial charge in [0.25, 0.3) is 0 Å². The average Bonchev–Trinajstić information content (AvgIpc) is 2.44. The highest BCUT2D eigenvalue weighted by Gasteiger charge is 2.04. The lowest BCUT2D eigenvalue weighted by Gasteiger charge is -2.08. The molecule has 2 aromatic carbocycles. The summed E-state index contributed by atoms with van der Waals surface area (Å²) in [5, 5.41) is 3.25. The van der Waals surface area contributed by atoms with Gasteiger partial charge < -0.3 is 14.8 Å². The van der Waals surface area contributed by atoms with Crippen molar-refractivity contribution in [2.45, 2.75) is 0 Å². The number of nitrogens with one attached hydrogen (secondary N) is 1. The summed E-state index contributed by atoms with van der Waals surface area (Å²) in [5.41, 5.74) is 0.679. The van der Waals surface area contributed by atoms with Crippen LogP contribution in [0.4, 0.5) is 5.69 Å². The highest BCUT2D eigenvalue weighted by atomic mass is 35.5. The van der Waals surface area contributed by atoms with E-state index in [-0.39, 0.29) is 12.5 Å². The number of amides is 1. The van der Waals surface area contributed by atoms with E-state index in [1.165, 1.54) is 7.11 Å². The molecule has 4 nitrogen and oxygen atoms in total. The number of para-hydroxylation sites is 1. The lowest BCUT2D eigenvalue weighted by Crippen LogP contribution is -2.16. The maximum Gasteiger partial charge on any atom is 0.250 e. The van der Waals surface area contributed by atoms with E-state index in [2.05, 4.69) is 5.32 Å². The molecule has 5 heteroatoms. The Bertz CT molecular complexity index is 584. The molecule has 0 aromatic heterocycles. The average molecular weight is 292 g/mol. The minimum absolute atomic E-state index is 0.0257. The molecule has 20 heavy (non-hydrogen) atoms. The van der Waals surface area contributed by atoms with Crippen LogP contribution in [0.3, 0.4) is 0 Å². The molecule has 0 aliphatic carbocycles. The van der Waals surface area contributed by atoms with E-state index >= 15 is 0 Å². The molecule has 0 bridgehead atoms. The topological polar surface area (TPSA) is 47.6 Å². The minimum atomic E-state index is -0.202. The molecule has 0 heterocycles. The molecule has 0 atom stereocenters. The van der Waals surface area contributed by atoms with Crippen LogP contribution in [-0.2, 0) is 9.53 Å². The van der Waals surface area contributed by atoms with Crippen LogP contribution in [0.1, 0.15) is 0 Å². The van der Waals surface area contributed by atoms with Crippen molar-refractivity contribution in [1.29, 1.82) is 0 Å².